The Kier molecular flexibility index (Phi) is 9.13. The second-order valence-corrected chi connectivity index (χ2v) is 10.5. The molecule has 0 aliphatic heterocycles. The number of aromatic hydroxyl groups is 1. The summed E-state index contributed by atoms with van der Waals surface area (Å²) in [6, 6.07) is 8.40. The molecule has 0 unspecified atom stereocenters. The van der Waals surface area contributed by atoms with Gasteiger partial charge in [-0.3, -0.25) is 9.59 Å². The molecule has 1 aromatic carbocycles. The highest BCUT2D eigenvalue weighted by Gasteiger charge is 2.18. The number of hydrogen-bond donors (Lipinski definition) is 2. The standard InChI is InChI=1S/C24H25Cl2N3O3S2/c1-4-5-6-11-29(3)24(32)20-10-9-19(34-20)23(31)28-27-14(2)16-13-33-22(21(16)30)15-7-8-17(25)18(26)12-15/h7-10,12-13,30H,4-6,11H2,1-3H3,(H,28,31). The molecule has 0 saturated carbocycles. The molecule has 0 atom stereocenters. The van der Waals surface area contributed by atoms with Crippen LogP contribution in [0.15, 0.2) is 40.8 Å². The maximum Gasteiger partial charge on any atom is 0.281 e. The predicted molar refractivity (Wildman–Crippen MR) is 142 cm³/mol. The van der Waals surface area contributed by atoms with Crippen molar-refractivity contribution in [3.05, 3.63) is 61.1 Å². The Morgan fingerprint density at radius 2 is 1.85 bits per heavy atom. The van der Waals surface area contributed by atoms with Gasteiger partial charge in [-0.05, 0) is 43.2 Å². The molecule has 2 amide bonds. The third-order valence-electron chi connectivity index (χ3n) is 5.15. The molecule has 2 aromatic heterocycles. The van der Waals surface area contributed by atoms with Gasteiger partial charge in [0.1, 0.15) is 5.75 Å². The molecule has 0 aliphatic carbocycles. The van der Waals surface area contributed by atoms with Crippen molar-refractivity contribution < 1.29 is 14.7 Å². The summed E-state index contributed by atoms with van der Waals surface area (Å²) in [6.07, 6.45) is 3.11. The van der Waals surface area contributed by atoms with Crippen LogP contribution >= 0.6 is 45.9 Å². The maximum atomic E-state index is 12.6. The minimum atomic E-state index is -0.420. The molecule has 180 valence electrons. The lowest BCUT2D eigenvalue weighted by molar-refractivity contribution is 0.0797. The summed E-state index contributed by atoms with van der Waals surface area (Å²) in [5, 5.41) is 17.4. The topological polar surface area (TPSA) is 82.0 Å². The number of thiophene rings is 2. The Hall–Kier alpha value is -2.39. The molecule has 0 aliphatic rings. The fourth-order valence-electron chi connectivity index (χ4n) is 3.16. The van der Waals surface area contributed by atoms with Crippen molar-refractivity contribution in [1.82, 2.24) is 10.3 Å². The number of hydrazone groups is 1. The van der Waals surface area contributed by atoms with E-state index >= 15 is 0 Å². The first-order valence-electron chi connectivity index (χ1n) is 10.7. The number of carbonyl (C=O) groups excluding carboxylic acids is 2. The van der Waals surface area contributed by atoms with Crippen LogP contribution in [0.2, 0.25) is 10.0 Å². The highest BCUT2D eigenvalue weighted by atomic mass is 35.5. The lowest BCUT2D eigenvalue weighted by atomic mass is 10.1. The molecule has 34 heavy (non-hydrogen) atoms. The zero-order valence-electron chi connectivity index (χ0n) is 19.0. The van der Waals surface area contributed by atoms with Gasteiger partial charge in [-0.2, -0.15) is 5.10 Å². The minimum absolute atomic E-state index is 0.0500. The van der Waals surface area contributed by atoms with Gasteiger partial charge < -0.3 is 10.0 Å². The maximum absolute atomic E-state index is 12.6. The normalized spacial score (nSPS) is 11.5. The van der Waals surface area contributed by atoms with E-state index in [-0.39, 0.29) is 11.7 Å². The van der Waals surface area contributed by atoms with Gasteiger partial charge in [0.25, 0.3) is 11.8 Å². The van der Waals surface area contributed by atoms with Crippen molar-refractivity contribution in [3.63, 3.8) is 0 Å². The van der Waals surface area contributed by atoms with Gasteiger partial charge >= 0.3 is 0 Å². The van der Waals surface area contributed by atoms with E-state index in [1.54, 1.807) is 54.6 Å². The number of nitrogens with zero attached hydrogens (tertiary/aromatic N) is 2. The number of unbranched alkanes of at least 4 members (excludes halogenated alkanes) is 2. The van der Waals surface area contributed by atoms with Crippen molar-refractivity contribution in [2.24, 2.45) is 5.10 Å². The highest BCUT2D eigenvalue weighted by Crippen LogP contribution is 2.40. The Morgan fingerprint density at radius 3 is 2.56 bits per heavy atom. The molecule has 10 heteroatoms. The molecule has 0 bridgehead atoms. The lowest BCUT2D eigenvalue weighted by Crippen LogP contribution is -2.27. The Labute approximate surface area is 216 Å². The first kappa shape index (κ1) is 26.2. The van der Waals surface area contributed by atoms with Gasteiger partial charge in [0.2, 0.25) is 0 Å². The van der Waals surface area contributed by atoms with Gasteiger partial charge in [0, 0.05) is 19.0 Å². The Balaban J connectivity index is 1.67. The van der Waals surface area contributed by atoms with Crippen LogP contribution in [0.3, 0.4) is 0 Å². The fraction of sp³-hybridized carbons (Fsp3) is 0.292. The molecule has 2 N–H and O–H groups in total. The first-order chi connectivity index (χ1) is 16.2. The summed E-state index contributed by atoms with van der Waals surface area (Å²) in [4.78, 5) is 28.3. The third kappa shape index (κ3) is 6.18. The van der Waals surface area contributed by atoms with Crippen LogP contribution in [0.1, 0.15) is 58.0 Å². The van der Waals surface area contributed by atoms with Crippen LogP contribution in [0, 0.1) is 0 Å². The molecular weight excluding hydrogens is 513 g/mol. The van der Waals surface area contributed by atoms with E-state index in [4.69, 9.17) is 23.2 Å². The van der Waals surface area contributed by atoms with Crippen molar-refractivity contribution >= 4 is 63.4 Å². The molecular formula is C24H25Cl2N3O3S2. The summed E-state index contributed by atoms with van der Waals surface area (Å²) in [7, 11) is 1.77. The molecule has 3 aromatic rings. The van der Waals surface area contributed by atoms with Crippen molar-refractivity contribution in [2.45, 2.75) is 33.1 Å². The predicted octanol–water partition coefficient (Wildman–Crippen LogP) is 6.91. The molecule has 0 saturated heterocycles. The van der Waals surface area contributed by atoms with E-state index in [0.717, 1.165) is 36.2 Å². The van der Waals surface area contributed by atoms with E-state index in [2.05, 4.69) is 17.5 Å². The number of rotatable bonds is 9. The van der Waals surface area contributed by atoms with Crippen molar-refractivity contribution in [1.29, 1.82) is 0 Å². The summed E-state index contributed by atoms with van der Waals surface area (Å²) < 4.78 is 0. The average Bonchev–Trinajstić information content (AvgIpc) is 3.46. The first-order valence-corrected chi connectivity index (χ1v) is 13.1. The quantitative estimate of drug-likeness (QED) is 0.177. The summed E-state index contributed by atoms with van der Waals surface area (Å²) >= 11 is 14.5. The van der Waals surface area contributed by atoms with Crippen LogP contribution in [0.5, 0.6) is 5.75 Å². The van der Waals surface area contributed by atoms with E-state index in [1.165, 1.54) is 11.3 Å². The number of amides is 2. The number of nitrogens with one attached hydrogen (secondary N) is 1. The van der Waals surface area contributed by atoms with Gasteiger partial charge in [0.15, 0.2) is 0 Å². The average molecular weight is 539 g/mol. The van der Waals surface area contributed by atoms with Crippen LogP contribution in [0.4, 0.5) is 0 Å². The zero-order chi connectivity index (χ0) is 24.8. The molecule has 0 spiro atoms. The summed E-state index contributed by atoms with van der Waals surface area (Å²) in [6.45, 7) is 4.49. The van der Waals surface area contributed by atoms with Gasteiger partial charge in [-0.25, -0.2) is 5.43 Å². The molecule has 2 heterocycles. The second kappa shape index (κ2) is 11.8. The third-order valence-corrected chi connectivity index (χ3v) is 7.98. The van der Waals surface area contributed by atoms with Crippen molar-refractivity contribution in [3.8, 4) is 16.2 Å². The van der Waals surface area contributed by atoms with E-state index in [0.29, 0.717) is 42.5 Å². The van der Waals surface area contributed by atoms with E-state index in [9.17, 15) is 14.7 Å². The number of carbonyl (C=O) groups is 2. The lowest BCUT2D eigenvalue weighted by Gasteiger charge is -2.15. The van der Waals surface area contributed by atoms with Crippen LogP contribution in [-0.2, 0) is 0 Å². The van der Waals surface area contributed by atoms with Crippen LogP contribution < -0.4 is 5.43 Å². The monoisotopic (exact) mass is 537 g/mol. The van der Waals surface area contributed by atoms with E-state index < -0.39 is 5.91 Å². The molecule has 6 nitrogen and oxygen atoms in total. The van der Waals surface area contributed by atoms with Crippen LogP contribution in [-0.4, -0.2) is 41.1 Å². The summed E-state index contributed by atoms with van der Waals surface area (Å²) in [5.74, 6) is -0.469. The highest BCUT2D eigenvalue weighted by molar-refractivity contribution is 7.16. The molecule has 0 fully saturated rings. The van der Waals surface area contributed by atoms with Gasteiger partial charge in [-0.1, -0.05) is 49.0 Å². The van der Waals surface area contributed by atoms with E-state index in [1.807, 2.05) is 0 Å². The molecule has 0 radical (unpaired) electrons. The fourth-order valence-corrected chi connectivity index (χ4v) is 5.36. The Bertz CT molecular complexity index is 1220. The van der Waals surface area contributed by atoms with Crippen LogP contribution in [0.25, 0.3) is 10.4 Å². The number of halogens is 2. The minimum Gasteiger partial charge on any atom is -0.506 e. The SMILES string of the molecule is CCCCCN(C)C(=O)c1ccc(C(=O)NN=C(C)c2csc(-c3ccc(Cl)c(Cl)c3)c2O)s1. The second-order valence-electron chi connectivity index (χ2n) is 7.69. The van der Waals surface area contributed by atoms with Gasteiger partial charge in [-0.15, -0.1) is 22.7 Å². The zero-order valence-corrected chi connectivity index (χ0v) is 22.2. The number of benzene rings is 1. The largest absolute Gasteiger partial charge is 0.506 e. The Morgan fingerprint density at radius 1 is 1.12 bits per heavy atom. The smallest absolute Gasteiger partial charge is 0.281 e. The molecule has 3 rings (SSSR count). The van der Waals surface area contributed by atoms with Crippen molar-refractivity contribution in [2.75, 3.05) is 13.6 Å². The number of hydrogen-bond acceptors (Lipinski definition) is 6. The van der Waals surface area contributed by atoms with Gasteiger partial charge in [0.05, 0.1) is 36.0 Å². The summed E-state index contributed by atoms with van der Waals surface area (Å²) in [5.41, 5.74) is 4.18.